The third-order valence-corrected chi connectivity index (χ3v) is 4.90. The maximum absolute atomic E-state index is 9.04. The lowest BCUT2D eigenvalue weighted by Gasteiger charge is -2.20. The Labute approximate surface area is 128 Å². The number of nitrogens with one attached hydrogen (secondary N) is 1. The van der Waals surface area contributed by atoms with Crippen LogP contribution in [0.15, 0.2) is 16.6 Å². The lowest BCUT2D eigenvalue weighted by molar-refractivity contribution is 0.289. The molecule has 1 unspecified atom stereocenters. The minimum absolute atomic E-state index is 0.0822. The minimum atomic E-state index is 0.0822. The van der Waals surface area contributed by atoms with E-state index in [1.807, 2.05) is 0 Å². The number of aromatic nitrogens is 2. The molecule has 112 valence electrons. The van der Waals surface area contributed by atoms with E-state index in [9.17, 15) is 0 Å². The average Bonchev–Trinajstić information content (AvgIpc) is 2.86. The van der Waals surface area contributed by atoms with E-state index in [4.69, 9.17) is 10.1 Å². The van der Waals surface area contributed by atoms with Crippen molar-refractivity contribution in [2.24, 2.45) is 0 Å². The molecule has 4 nitrogen and oxygen atoms in total. The molecular weight excluding hydrogens is 290 g/mol. The van der Waals surface area contributed by atoms with Crippen LogP contribution < -0.4 is 5.32 Å². The molecule has 0 aliphatic carbocycles. The Morgan fingerprint density at radius 2 is 2.25 bits per heavy atom. The molecule has 1 atom stereocenters. The molecule has 6 heteroatoms. The van der Waals surface area contributed by atoms with Gasteiger partial charge in [0, 0.05) is 35.5 Å². The molecule has 20 heavy (non-hydrogen) atoms. The predicted octanol–water partition coefficient (Wildman–Crippen LogP) is 3.15. The molecule has 0 spiro atoms. The average molecular weight is 313 g/mol. The highest BCUT2D eigenvalue weighted by Crippen LogP contribution is 2.30. The van der Waals surface area contributed by atoms with E-state index in [1.165, 1.54) is 5.69 Å². The van der Waals surface area contributed by atoms with Gasteiger partial charge in [-0.2, -0.15) is 0 Å². The van der Waals surface area contributed by atoms with Crippen LogP contribution in [0.5, 0.6) is 0 Å². The van der Waals surface area contributed by atoms with Crippen molar-refractivity contribution in [1.82, 2.24) is 14.7 Å². The molecule has 2 rings (SSSR count). The van der Waals surface area contributed by atoms with Crippen molar-refractivity contribution in [1.29, 1.82) is 0 Å². The van der Waals surface area contributed by atoms with Crippen LogP contribution in [-0.2, 0) is 6.54 Å². The normalized spacial score (nSPS) is 14.1. The third-order valence-electron chi connectivity index (χ3n) is 2.96. The Balaban J connectivity index is 2.21. The van der Waals surface area contributed by atoms with Gasteiger partial charge in [-0.05, 0) is 27.2 Å². The Bertz CT molecular complexity index is 556. The third kappa shape index (κ3) is 3.97. The zero-order valence-electron chi connectivity index (χ0n) is 12.5. The zero-order chi connectivity index (χ0) is 14.8. The molecule has 0 aliphatic rings. The first-order chi connectivity index (χ1) is 9.40. The quantitative estimate of drug-likeness (QED) is 0.804. The van der Waals surface area contributed by atoms with E-state index in [2.05, 4.69) is 49.0 Å². The number of thioether (sulfide) groups is 1. The van der Waals surface area contributed by atoms with E-state index in [-0.39, 0.29) is 12.1 Å². The first-order valence-corrected chi connectivity index (χ1v) is 8.63. The standard InChI is InChI=1S/C14H23N3OS2/c1-10(5-7-18)20-12-11(9-15-14(2,3)4)17-6-8-19-13(17)16-12/h6,8,10,15,18H,5,7,9H2,1-4H3. The fourth-order valence-electron chi connectivity index (χ4n) is 1.85. The topological polar surface area (TPSA) is 49.6 Å². The molecule has 0 radical (unpaired) electrons. The number of aliphatic hydroxyl groups excluding tert-OH is 1. The molecule has 0 aliphatic heterocycles. The molecule has 0 bridgehead atoms. The number of aliphatic hydroxyl groups is 1. The highest BCUT2D eigenvalue weighted by atomic mass is 32.2. The van der Waals surface area contributed by atoms with Gasteiger partial charge < -0.3 is 10.4 Å². The Kier molecular flexibility index (Phi) is 5.12. The van der Waals surface area contributed by atoms with Crippen LogP contribution in [0.1, 0.15) is 39.8 Å². The van der Waals surface area contributed by atoms with E-state index in [0.717, 1.165) is 23.0 Å². The van der Waals surface area contributed by atoms with Gasteiger partial charge in [0.1, 0.15) is 5.03 Å². The van der Waals surface area contributed by atoms with Gasteiger partial charge in [-0.1, -0.05) is 6.92 Å². The van der Waals surface area contributed by atoms with Gasteiger partial charge in [0.15, 0.2) is 4.96 Å². The van der Waals surface area contributed by atoms with E-state index >= 15 is 0 Å². The Morgan fingerprint density at radius 1 is 1.50 bits per heavy atom. The molecule has 2 N–H and O–H groups in total. The van der Waals surface area contributed by atoms with Gasteiger partial charge >= 0.3 is 0 Å². The van der Waals surface area contributed by atoms with Crippen molar-refractivity contribution in [3.05, 3.63) is 17.3 Å². The summed E-state index contributed by atoms with van der Waals surface area (Å²) in [6.45, 7) is 9.66. The number of rotatable bonds is 6. The fraction of sp³-hybridized carbons (Fsp3) is 0.643. The second kappa shape index (κ2) is 6.47. The zero-order valence-corrected chi connectivity index (χ0v) is 14.1. The first kappa shape index (κ1) is 15.8. The first-order valence-electron chi connectivity index (χ1n) is 6.87. The molecule has 0 saturated carbocycles. The minimum Gasteiger partial charge on any atom is -0.396 e. The van der Waals surface area contributed by atoms with Gasteiger partial charge in [0.05, 0.1) is 5.69 Å². The van der Waals surface area contributed by atoms with E-state index in [0.29, 0.717) is 5.25 Å². The summed E-state index contributed by atoms with van der Waals surface area (Å²) in [5, 5.41) is 16.1. The summed E-state index contributed by atoms with van der Waals surface area (Å²) in [7, 11) is 0. The number of imidazole rings is 1. The largest absolute Gasteiger partial charge is 0.396 e. The lowest BCUT2D eigenvalue weighted by Crippen LogP contribution is -2.35. The molecule has 2 heterocycles. The summed E-state index contributed by atoms with van der Waals surface area (Å²) in [6.07, 6.45) is 2.87. The molecule has 0 fully saturated rings. The van der Waals surface area contributed by atoms with E-state index < -0.39 is 0 Å². The number of hydrogen-bond acceptors (Lipinski definition) is 5. The van der Waals surface area contributed by atoms with Crippen molar-refractivity contribution in [2.75, 3.05) is 6.61 Å². The van der Waals surface area contributed by atoms with Crippen molar-refractivity contribution in [3.8, 4) is 0 Å². The number of thiazole rings is 1. The second-order valence-electron chi connectivity index (χ2n) is 5.96. The van der Waals surface area contributed by atoms with Gasteiger partial charge in [-0.15, -0.1) is 23.1 Å². The predicted molar refractivity (Wildman–Crippen MR) is 86.7 cm³/mol. The van der Waals surface area contributed by atoms with E-state index in [1.54, 1.807) is 23.1 Å². The van der Waals surface area contributed by atoms with Crippen LogP contribution in [0.3, 0.4) is 0 Å². The second-order valence-corrected chi connectivity index (χ2v) is 8.26. The van der Waals surface area contributed by atoms with Crippen LogP contribution in [0.4, 0.5) is 0 Å². The summed E-state index contributed by atoms with van der Waals surface area (Å²) >= 11 is 3.41. The fourth-order valence-corrected chi connectivity index (χ4v) is 3.69. The van der Waals surface area contributed by atoms with Crippen molar-refractivity contribution in [3.63, 3.8) is 0 Å². The van der Waals surface area contributed by atoms with Crippen molar-refractivity contribution >= 4 is 28.1 Å². The highest BCUT2D eigenvalue weighted by Gasteiger charge is 2.18. The Hall–Kier alpha value is -0.560. The van der Waals surface area contributed by atoms with Gasteiger partial charge in [0.25, 0.3) is 0 Å². The van der Waals surface area contributed by atoms with Gasteiger partial charge in [-0.25, -0.2) is 4.98 Å². The smallest absolute Gasteiger partial charge is 0.194 e. The van der Waals surface area contributed by atoms with Gasteiger partial charge in [-0.3, -0.25) is 4.40 Å². The monoisotopic (exact) mass is 313 g/mol. The summed E-state index contributed by atoms with van der Waals surface area (Å²) in [4.78, 5) is 5.75. The number of nitrogens with zero attached hydrogens (tertiary/aromatic N) is 2. The lowest BCUT2D eigenvalue weighted by atomic mass is 10.1. The number of hydrogen-bond donors (Lipinski definition) is 2. The summed E-state index contributed by atoms with van der Waals surface area (Å²) in [6, 6.07) is 0. The van der Waals surface area contributed by atoms with Crippen LogP contribution in [0, 0.1) is 0 Å². The van der Waals surface area contributed by atoms with Crippen LogP contribution in [0.2, 0.25) is 0 Å². The molecule has 2 aromatic rings. The molecule has 0 amide bonds. The summed E-state index contributed by atoms with van der Waals surface area (Å²) in [5.41, 5.74) is 1.30. The van der Waals surface area contributed by atoms with Crippen molar-refractivity contribution in [2.45, 2.75) is 56.5 Å². The molecule has 0 saturated heterocycles. The maximum Gasteiger partial charge on any atom is 0.194 e. The van der Waals surface area contributed by atoms with Gasteiger partial charge in [0.2, 0.25) is 0 Å². The molecule has 0 aromatic carbocycles. The van der Waals surface area contributed by atoms with Crippen LogP contribution >= 0.6 is 23.1 Å². The number of fused-ring (bicyclic) bond motifs is 1. The van der Waals surface area contributed by atoms with Crippen LogP contribution in [-0.4, -0.2) is 31.9 Å². The highest BCUT2D eigenvalue weighted by molar-refractivity contribution is 7.99. The van der Waals surface area contributed by atoms with Crippen LogP contribution in [0.25, 0.3) is 4.96 Å². The van der Waals surface area contributed by atoms with Crippen molar-refractivity contribution < 1.29 is 5.11 Å². The molecular formula is C14H23N3OS2. The Morgan fingerprint density at radius 3 is 2.90 bits per heavy atom. The maximum atomic E-state index is 9.04. The summed E-state index contributed by atoms with van der Waals surface area (Å²) < 4.78 is 2.16. The molecule has 2 aromatic heterocycles. The summed E-state index contributed by atoms with van der Waals surface area (Å²) in [5.74, 6) is 0. The SMILES string of the molecule is CC(CCO)Sc1nc2sccn2c1CNC(C)(C)C.